The van der Waals surface area contributed by atoms with Gasteiger partial charge in [-0.05, 0) is 31.0 Å². The highest BCUT2D eigenvalue weighted by Gasteiger charge is 2.28. The van der Waals surface area contributed by atoms with E-state index in [9.17, 15) is 9.18 Å². The van der Waals surface area contributed by atoms with Gasteiger partial charge in [0, 0.05) is 0 Å². The number of halogens is 1. The van der Waals surface area contributed by atoms with Gasteiger partial charge in [0.05, 0.1) is 16.8 Å². The number of ether oxygens (including phenoxy) is 1. The van der Waals surface area contributed by atoms with E-state index in [1.165, 1.54) is 23.5 Å². The van der Waals surface area contributed by atoms with Crippen molar-refractivity contribution in [1.82, 2.24) is 4.98 Å². The summed E-state index contributed by atoms with van der Waals surface area (Å²) in [6, 6.07) is 4.45. The molecule has 1 heterocycles. The molecule has 0 aliphatic heterocycles. The molecule has 0 aliphatic carbocycles. The molecular formula is C14H16FNO2S. The molecular weight excluding hydrogens is 265 g/mol. The SMILES string of the molecule is CCOC(=O)C(c1nc2ccc(F)cc2s1)C(C)C. The summed E-state index contributed by atoms with van der Waals surface area (Å²) in [4.78, 5) is 16.4. The highest BCUT2D eigenvalue weighted by molar-refractivity contribution is 7.18. The molecule has 0 fully saturated rings. The van der Waals surface area contributed by atoms with Gasteiger partial charge in [0.25, 0.3) is 0 Å². The van der Waals surface area contributed by atoms with E-state index in [1.807, 2.05) is 13.8 Å². The van der Waals surface area contributed by atoms with Crippen LogP contribution in [0.3, 0.4) is 0 Å². The lowest BCUT2D eigenvalue weighted by Crippen LogP contribution is -2.20. The second-order valence-electron chi connectivity index (χ2n) is 4.64. The molecule has 1 aromatic heterocycles. The fraction of sp³-hybridized carbons (Fsp3) is 0.429. The van der Waals surface area contributed by atoms with Crippen molar-refractivity contribution in [1.29, 1.82) is 0 Å². The third kappa shape index (κ3) is 2.92. The van der Waals surface area contributed by atoms with Crippen LogP contribution in [0.4, 0.5) is 4.39 Å². The predicted octanol–water partition coefficient (Wildman–Crippen LogP) is 3.74. The molecule has 102 valence electrons. The number of carbonyl (C=O) groups is 1. The molecule has 2 rings (SSSR count). The lowest BCUT2D eigenvalue weighted by molar-refractivity contribution is -0.146. The number of hydrogen-bond acceptors (Lipinski definition) is 4. The third-order valence-corrected chi connectivity index (χ3v) is 3.94. The van der Waals surface area contributed by atoms with Crippen LogP contribution in [0.1, 0.15) is 31.7 Å². The molecule has 2 aromatic rings. The Morgan fingerprint density at radius 1 is 1.47 bits per heavy atom. The van der Waals surface area contributed by atoms with Crippen molar-refractivity contribution in [2.75, 3.05) is 6.61 Å². The normalized spacial score (nSPS) is 12.9. The van der Waals surface area contributed by atoms with E-state index < -0.39 is 0 Å². The Bertz CT molecular complexity index is 594. The van der Waals surface area contributed by atoms with Crippen molar-refractivity contribution in [2.24, 2.45) is 5.92 Å². The largest absolute Gasteiger partial charge is 0.465 e. The smallest absolute Gasteiger partial charge is 0.316 e. The van der Waals surface area contributed by atoms with Crippen LogP contribution in [0, 0.1) is 11.7 Å². The Morgan fingerprint density at radius 3 is 2.84 bits per heavy atom. The Labute approximate surface area is 115 Å². The summed E-state index contributed by atoms with van der Waals surface area (Å²) in [6.07, 6.45) is 0. The highest BCUT2D eigenvalue weighted by Crippen LogP contribution is 2.33. The van der Waals surface area contributed by atoms with Crippen molar-refractivity contribution >= 4 is 27.5 Å². The standard InChI is InChI=1S/C14H16FNO2S/c1-4-18-14(17)12(8(2)3)13-16-10-6-5-9(15)7-11(10)19-13/h5-8,12H,4H2,1-3H3. The zero-order valence-electron chi connectivity index (χ0n) is 11.1. The van der Waals surface area contributed by atoms with E-state index in [0.717, 1.165) is 10.2 Å². The zero-order chi connectivity index (χ0) is 14.0. The molecule has 0 bridgehead atoms. The number of aromatic nitrogens is 1. The number of thiazole rings is 1. The number of nitrogens with zero attached hydrogens (tertiary/aromatic N) is 1. The first kappa shape index (κ1) is 13.9. The van der Waals surface area contributed by atoms with Gasteiger partial charge in [0.15, 0.2) is 0 Å². The Balaban J connectivity index is 2.41. The van der Waals surface area contributed by atoms with Crippen molar-refractivity contribution < 1.29 is 13.9 Å². The molecule has 0 saturated heterocycles. The monoisotopic (exact) mass is 281 g/mol. The quantitative estimate of drug-likeness (QED) is 0.801. The van der Waals surface area contributed by atoms with Crippen molar-refractivity contribution in [3.05, 3.63) is 29.0 Å². The molecule has 5 heteroatoms. The first-order valence-corrected chi connectivity index (χ1v) is 7.07. The summed E-state index contributed by atoms with van der Waals surface area (Å²) in [5.41, 5.74) is 0.719. The van der Waals surface area contributed by atoms with Gasteiger partial charge in [0.2, 0.25) is 0 Å². The van der Waals surface area contributed by atoms with E-state index in [2.05, 4.69) is 4.98 Å². The molecule has 0 N–H and O–H groups in total. The molecule has 0 radical (unpaired) electrons. The number of fused-ring (bicyclic) bond motifs is 1. The number of hydrogen-bond donors (Lipinski definition) is 0. The van der Waals surface area contributed by atoms with Crippen LogP contribution in [0.15, 0.2) is 18.2 Å². The maximum Gasteiger partial charge on any atom is 0.316 e. The van der Waals surface area contributed by atoms with E-state index in [4.69, 9.17) is 4.74 Å². The van der Waals surface area contributed by atoms with Crippen LogP contribution in [-0.2, 0) is 9.53 Å². The van der Waals surface area contributed by atoms with E-state index in [0.29, 0.717) is 11.6 Å². The lowest BCUT2D eigenvalue weighted by atomic mass is 9.97. The lowest BCUT2D eigenvalue weighted by Gasteiger charge is -2.16. The van der Waals surface area contributed by atoms with Crippen LogP contribution in [-0.4, -0.2) is 17.6 Å². The molecule has 3 nitrogen and oxygen atoms in total. The Kier molecular flexibility index (Phi) is 4.14. The van der Waals surface area contributed by atoms with E-state index >= 15 is 0 Å². The molecule has 1 atom stereocenters. The average Bonchev–Trinajstić information content (AvgIpc) is 2.71. The van der Waals surface area contributed by atoms with Gasteiger partial charge < -0.3 is 4.74 Å². The van der Waals surface area contributed by atoms with Crippen molar-refractivity contribution in [3.8, 4) is 0 Å². The van der Waals surface area contributed by atoms with Gasteiger partial charge >= 0.3 is 5.97 Å². The minimum Gasteiger partial charge on any atom is -0.465 e. The minimum absolute atomic E-state index is 0.0875. The number of rotatable bonds is 4. The van der Waals surface area contributed by atoms with Gasteiger partial charge in [-0.1, -0.05) is 13.8 Å². The van der Waals surface area contributed by atoms with Gasteiger partial charge in [0.1, 0.15) is 16.7 Å². The summed E-state index contributed by atoms with van der Waals surface area (Å²) in [5.74, 6) is -0.859. The Morgan fingerprint density at radius 2 is 2.21 bits per heavy atom. The molecule has 0 spiro atoms. The van der Waals surface area contributed by atoms with Crippen LogP contribution in [0.25, 0.3) is 10.2 Å². The first-order valence-electron chi connectivity index (χ1n) is 6.25. The summed E-state index contributed by atoms with van der Waals surface area (Å²) in [6.45, 7) is 6.03. The summed E-state index contributed by atoms with van der Waals surface area (Å²) < 4.78 is 19.0. The summed E-state index contributed by atoms with van der Waals surface area (Å²) in [5, 5.41) is 0.689. The molecule has 0 amide bonds. The van der Waals surface area contributed by atoms with Crippen LogP contribution < -0.4 is 0 Å². The third-order valence-electron chi connectivity index (χ3n) is 2.84. The second kappa shape index (κ2) is 5.65. The highest BCUT2D eigenvalue weighted by atomic mass is 32.1. The summed E-state index contributed by atoms with van der Waals surface area (Å²) >= 11 is 1.35. The predicted molar refractivity (Wildman–Crippen MR) is 73.8 cm³/mol. The van der Waals surface area contributed by atoms with Crippen LogP contribution in [0.5, 0.6) is 0 Å². The number of carbonyl (C=O) groups excluding carboxylic acids is 1. The molecule has 0 aliphatic rings. The second-order valence-corrected chi connectivity index (χ2v) is 5.70. The van der Waals surface area contributed by atoms with Crippen molar-refractivity contribution in [3.63, 3.8) is 0 Å². The molecule has 0 saturated carbocycles. The van der Waals surface area contributed by atoms with Gasteiger partial charge in [-0.25, -0.2) is 9.37 Å². The minimum atomic E-state index is -0.389. The Hall–Kier alpha value is -1.49. The fourth-order valence-electron chi connectivity index (χ4n) is 1.94. The maximum atomic E-state index is 13.2. The van der Waals surface area contributed by atoms with Crippen LogP contribution >= 0.6 is 11.3 Å². The van der Waals surface area contributed by atoms with Gasteiger partial charge in [-0.2, -0.15) is 0 Å². The first-order chi connectivity index (χ1) is 9.02. The average molecular weight is 281 g/mol. The number of esters is 1. The maximum absolute atomic E-state index is 13.2. The van der Waals surface area contributed by atoms with Crippen LogP contribution in [0.2, 0.25) is 0 Å². The van der Waals surface area contributed by atoms with Gasteiger partial charge in [-0.15, -0.1) is 11.3 Å². The summed E-state index contributed by atoms with van der Waals surface area (Å²) in [7, 11) is 0. The molecule has 19 heavy (non-hydrogen) atoms. The fourth-order valence-corrected chi connectivity index (χ4v) is 3.19. The van der Waals surface area contributed by atoms with Gasteiger partial charge in [-0.3, -0.25) is 4.79 Å². The molecule has 1 unspecified atom stereocenters. The topological polar surface area (TPSA) is 39.2 Å². The van der Waals surface area contributed by atoms with Crippen molar-refractivity contribution in [2.45, 2.75) is 26.7 Å². The number of benzene rings is 1. The van der Waals surface area contributed by atoms with E-state index in [1.54, 1.807) is 13.0 Å². The zero-order valence-corrected chi connectivity index (χ0v) is 12.0. The molecule has 1 aromatic carbocycles. The van der Waals surface area contributed by atoms with E-state index in [-0.39, 0.29) is 23.6 Å².